The predicted octanol–water partition coefficient (Wildman–Crippen LogP) is 5.00. The van der Waals surface area contributed by atoms with Crippen molar-refractivity contribution in [2.75, 3.05) is 0 Å². The van der Waals surface area contributed by atoms with Crippen molar-refractivity contribution in [3.63, 3.8) is 0 Å². The monoisotopic (exact) mass is 286 g/mol. The Bertz CT molecular complexity index is 485. The first kappa shape index (κ1) is 14.2. The Kier molecular flexibility index (Phi) is 3.29. The standard InChI is InChI=1S/C14H17F3OSi/c1-9-13(19(2,3)4)12(18-9)10-5-7-11(8-6-10)14(15,16)17/h5-8,12-13H,1H2,2-4H3/t12-,13-/m0/s1. The number of halogens is 3. The molecule has 0 aliphatic carbocycles. The third-order valence-corrected chi connectivity index (χ3v) is 5.92. The molecule has 1 aromatic carbocycles. The Balaban J connectivity index is 2.22. The fourth-order valence-electron chi connectivity index (χ4n) is 2.46. The second-order valence-electron chi connectivity index (χ2n) is 5.97. The van der Waals surface area contributed by atoms with Gasteiger partial charge in [-0.1, -0.05) is 38.4 Å². The molecule has 19 heavy (non-hydrogen) atoms. The van der Waals surface area contributed by atoms with Gasteiger partial charge in [0.25, 0.3) is 0 Å². The zero-order valence-electron chi connectivity index (χ0n) is 11.2. The van der Waals surface area contributed by atoms with Crippen LogP contribution in [0.15, 0.2) is 36.6 Å². The van der Waals surface area contributed by atoms with Gasteiger partial charge in [-0.3, -0.25) is 0 Å². The highest BCUT2D eigenvalue weighted by molar-refractivity contribution is 6.78. The molecule has 2 rings (SSSR count). The Morgan fingerprint density at radius 1 is 1.11 bits per heavy atom. The third kappa shape index (κ3) is 2.70. The van der Waals surface area contributed by atoms with E-state index in [9.17, 15) is 13.2 Å². The van der Waals surface area contributed by atoms with Crippen LogP contribution in [0.3, 0.4) is 0 Å². The molecular formula is C14H17F3OSi. The lowest BCUT2D eigenvalue weighted by atomic mass is 9.99. The van der Waals surface area contributed by atoms with E-state index in [0.29, 0.717) is 0 Å². The number of ether oxygens (including phenoxy) is 1. The van der Waals surface area contributed by atoms with Crippen LogP contribution >= 0.6 is 0 Å². The summed E-state index contributed by atoms with van der Waals surface area (Å²) in [5.74, 6) is 0.768. The first-order valence-electron chi connectivity index (χ1n) is 6.13. The van der Waals surface area contributed by atoms with E-state index in [1.165, 1.54) is 12.1 Å². The van der Waals surface area contributed by atoms with Crippen molar-refractivity contribution in [1.82, 2.24) is 0 Å². The van der Waals surface area contributed by atoms with Gasteiger partial charge in [0, 0.05) is 0 Å². The summed E-state index contributed by atoms with van der Waals surface area (Å²) in [6.45, 7) is 10.5. The van der Waals surface area contributed by atoms with Gasteiger partial charge in [0.15, 0.2) is 0 Å². The molecule has 1 heterocycles. The van der Waals surface area contributed by atoms with Crippen LogP contribution in [-0.2, 0) is 10.9 Å². The maximum atomic E-state index is 12.5. The molecule has 1 nitrogen and oxygen atoms in total. The Labute approximate surface area is 112 Å². The Hall–Kier alpha value is -1.23. The lowest BCUT2D eigenvalue weighted by molar-refractivity contribution is -0.137. The maximum absolute atomic E-state index is 12.5. The van der Waals surface area contributed by atoms with Gasteiger partial charge in [-0.2, -0.15) is 13.2 Å². The van der Waals surface area contributed by atoms with Crippen LogP contribution in [0.2, 0.25) is 25.2 Å². The molecule has 1 aliphatic rings. The van der Waals surface area contributed by atoms with E-state index >= 15 is 0 Å². The molecule has 104 valence electrons. The summed E-state index contributed by atoms with van der Waals surface area (Å²) in [7, 11) is -1.48. The second-order valence-corrected chi connectivity index (χ2v) is 11.3. The van der Waals surface area contributed by atoms with Gasteiger partial charge in [0.2, 0.25) is 0 Å². The fourth-order valence-corrected chi connectivity index (χ4v) is 4.66. The van der Waals surface area contributed by atoms with E-state index in [1.807, 2.05) is 0 Å². The van der Waals surface area contributed by atoms with E-state index < -0.39 is 19.8 Å². The van der Waals surface area contributed by atoms with Crippen LogP contribution in [0.1, 0.15) is 17.2 Å². The first-order chi connectivity index (χ1) is 8.60. The molecule has 0 N–H and O–H groups in total. The van der Waals surface area contributed by atoms with Crippen LogP contribution in [0, 0.1) is 0 Å². The minimum atomic E-state index is -4.29. The van der Waals surface area contributed by atoms with Crippen molar-refractivity contribution < 1.29 is 17.9 Å². The summed E-state index contributed by atoms with van der Waals surface area (Å²) < 4.78 is 43.1. The lowest BCUT2D eigenvalue weighted by Gasteiger charge is -2.46. The molecule has 0 saturated carbocycles. The van der Waals surface area contributed by atoms with Crippen LogP contribution in [0.4, 0.5) is 13.2 Å². The summed E-state index contributed by atoms with van der Waals surface area (Å²) in [6, 6.07) is 5.24. The van der Waals surface area contributed by atoms with Crippen LogP contribution < -0.4 is 0 Å². The minimum absolute atomic E-state index is 0.138. The fraction of sp³-hybridized carbons (Fsp3) is 0.429. The van der Waals surface area contributed by atoms with Crippen molar-refractivity contribution >= 4 is 8.07 Å². The van der Waals surface area contributed by atoms with E-state index in [4.69, 9.17) is 4.74 Å². The Morgan fingerprint density at radius 2 is 1.63 bits per heavy atom. The zero-order valence-corrected chi connectivity index (χ0v) is 12.2. The molecule has 0 radical (unpaired) electrons. The number of rotatable bonds is 2. The topological polar surface area (TPSA) is 9.23 Å². The van der Waals surface area contributed by atoms with Crippen LogP contribution in [0.25, 0.3) is 0 Å². The summed E-state index contributed by atoms with van der Waals surface area (Å²) in [4.78, 5) is 0. The number of benzene rings is 1. The van der Waals surface area contributed by atoms with Crippen molar-refractivity contribution in [1.29, 1.82) is 0 Å². The number of hydrogen-bond donors (Lipinski definition) is 0. The SMILES string of the molecule is C=C1O[C@@H](c2ccc(C(F)(F)F)cc2)[C@H]1[Si](C)(C)C. The van der Waals surface area contributed by atoms with E-state index in [1.54, 1.807) is 0 Å². The van der Waals surface area contributed by atoms with Gasteiger partial charge in [-0.25, -0.2) is 0 Å². The molecule has 0 unspecified atom stereocenters. The maximum Gasteiger partial charge on any atom is 0.416 e. The van der Waals surface area contributed by atoms with Gasteiger partial charge < -0.3 is 4.74 Å². The quantitative estimate of drug-likeness (QED) is 0.695. The predicted molar refractivity (Wildman–Crippen MR) is 71.5 cm³/mol. The van der Waals surface area contributed by atoms with Crippen LogP contribution in [0.5, 0.6) is 0 Å². The van der Waals surface area contributed by atoms with Gasteiger partial charge in [-0.15, -0.1) is 0 Å². The second kappa shape index (κ2) is 4.40. The van der Waals surface area contributed by atoms with Gasteiger partial charge in [-0.05, 0) is 17.7 Å². The van der Waals surface area contributed by atoms with Gasteiger partial charge in [0.1, 0.15) is 6.10 Å². The summed E-state index contributed by atoms with van der Waals surface area (Å²) in [5.41, 5.74) is 0.441. The molecule has 0 bridgehead atoms. The number of alkyl halides is 3. The Morgan fingerprint density at radius 3 is 2.00 bits per heavy atom. The normalized spacial score (nSPS) is 23.8. The molecule has 2 atom stereocenters. The minimum Gasteiger partial charge on any atom is -0.490 e. The van der Waals surface area contributed by atoms with E-state index in [0.717, 1.165) is 23.5 Å². The van der Waals surface area contributed by atoms with Crippen molar-refractivity contribution in [2.24, 2.45) is 0 Å². The average Bonchev–Trinajstić information content (AvgIpc) is 2.22. The molecule has 0 aromatic heterocycles. The molecule has 1 aromatic rings. The molecule has 0 spiro atoms. The highest BCUT2D eigenvalue weighted by atomic mass is 28.3. The van der Waals surface area contributed by atoms with Gasteiger partial charge >= 0.3 is 6.18 Å². The van der Waals surface area contributed by atoms with Crippen molar-refractivity contribution in [3.05, 3.63) is 47.7 Å². The van der Waals surface area contributed by atoms with Gasteiger partial charge in [0.05, 0.1) is 24.9 Å². The molecule has 0 amide bonds. The summed E-state index contributed by atoms with van der Waals surface area (Å²) >= 11 is 0. The van der Waals surface area contributed by atoms with Crippen molar-refractivity contribution in [3.8, 4) is 0 Å². The highest BCUT2D eigenvalue weighted by Crippen LogP contribution is 2.53. The molecule has 5 heteroatoms. The number of hydrogen-bond acceptors (Lipinski definition) is 1. The molecule has 1 aliphatic heterocycles. The first-order valence-corrected chi connectivity index (χ1v) is 9.71. The molecule has 1 saturated heterocycles. The summed E-state index contributed by atoms with van der Waals surface area (Å²) in [5, 5.41) is 0. The molecular weight excluding hydrogens is 269 g/mol. The largest absolute Gasteiger partial charge is 0.490 e. The van der Waals surface area contributed by atoms with E-state index in [2.05, 4.69) is 26.2 Å². The van der Waals surface area contributed by atoms with Crippen LogP contribution in [-0.4, -0.2) is 8.07 Å². The van der Waals surface area contributed by atoms with Crippen molar-refractivity contribution in [2.45, 2.75) is 37.5 Å². The smallest absolute Gasteiger partial charge is 0.416 e. The lowest BCUT2D eigenvalue weighted by Crippen LogP contribution is -2.41. The zero-order chi connectivity index (χ0) is 14.4. The summed E-state index contributed by atoms with van der Waals surface area (Å²) in [6.07, 6.45) is -4.43. The third-order valence-electron chi connectivity index (χ3n) is 3.43. The van der Waals surface area contributed by atoms with E-state index in [-0.39, 0.29) is 11.6 Å². The highest BCUT2D eigenvalue weighted by Gasteiger charge is 2.46. The average molecular weight is 286 g/mol. The molecule has 1 fully saturated rings.